The molecule has 0 fully saturated rings. The SMILES string of the molecule is Cc1ccc(SCCSCCN)cc1. The van der Waals surface area contributed by atoms with Gasteiger partial charge in [-0.05, 0) is 19.1 Å². The first kappa shape index (κ1) is 12.0. The minimum atomic E-state index is 0.792. The summed E-state index contributed by atoms with van der Waals surface area (Å²) in [5, 5.41) is 0. The molecule has 0 aromatic heterocycles. The van der Waals surface area contributed by atoms with Gasteiger partial charge in [0.15, 0.2) is 0 Å². The van der Waals surface area contributed by atoms with Gasteiger partial charge in [0.25, 0.3) is 0 Å². The quantitative estimate of drug-likeness (QED) is 0.598. The summed E-state index contributed by atoms with van der Waals surface area (Å²) in [6.45, 7) is 2.91. The average molecular weight is 227 g/mol. The predicted molar refractivity (Wildman–Crippen MR) is 68.3 cm³/mol. The van der Waals surface area contributed by atoms with Gasteiger partial charge in [-0.15, -0.1) is 11.8 Å². The summed E-state index contributed by atoms with van der Waals surface area (Å²) in [6.07, 6.45) is 0. The van der Waals surface area contributed by atoms with Crippen molar-refractivity contribution in [3.05, 3.63) is 29.8 Å². The van der Waals surface area contributed by atoms with Gasteiger partial charge >= 0.3 is 0 Å². The Balaban J connectivity index is 2.15. The van der Waals surface area contributed by atoms with Crippen molar-refractivity contribution in [1.82, 2.24) is 0 Å². The molecule has 0 aliphatic rings. The zero-order valence-corrected chi connectivity index (χ0v) is 10.2. The van der Waals surface area contributed by atoms with Crippen LogP contribution in [0.5, 0.6) is 0 Å². The fourth-order valence-electron chi connectivity index (χ4n) is 1.04. The number of nitrogens with two attached hydrogens (primary N) is 1. The molecule has 2 N–H and O–H groups in total. The van der Waals surface area contributed by atoms with E-state index in [-0.39, 0.29) is 0 Å². The Morgan fingerprint density at radius 3 is 2.43 bits per heavy atom. The second-order valence-electron chi connectivity index (χ2n) is 3.06. The van der Waals surface area contributed by atoms with Crippen LogP contribution in [0.25, 0.3) is 0 Å². The van der Waals surface area contributed by atoms with E-state index < -0.39 is 0 Å². The lowest BCUT2D eigenvalue weighted by Gasteiger charge is -2.01. The third kappa shape index (κ3) is 4.94. The number of rotatable bonds is 6. The monoisotopic (exact) mass is 227 g/mol. The maximum absolute atomic E-state index is 5.41. The lowest BCUT2D eigenvalue weighted by Crippen LogP contribution is -2.02. The highest BCUT2D eigenvalue weighted by Crippen LogP contribution is 2.19. The maximum atomic E-state index is 5.41. The molecule has 78 valence electrons. The largest absolute Gasteiger partial charge is 0.330 e. The van der Waals surface area contributed by atoms with E-state index in [2.05, 4.69) is 31.2 Å². The van der Waals surface area contributed by atoms with Crippen molar-refractivity contribution >= 4 is 23.5 Å². The van der Waals surface area contributed by atoms with Crippen LogP contribution in [0.3, 0.4) is 0 Å². The molecule has 0 radical (unpaired) electrons. The third-order valence-electron chi connectivity index (χ3n) is 1.78. The van der Waals surface area contributed by atoms with Gasteiger partial charge in [0.2, 0.25) is 0 Å². The van der Waals surface area contributed by atoms with E-state index in [4.69, 9.17) is 5.73 Å². The number of hydrogen-bond donors (Lipinski definition) is 1. The third-order valence-corrected chi connectivity index (χ3v) is 4.07. The van der Waals surface area contributed by atoms with Crippen molar-refractivity contribution in [3.63, 3.8) is 0 Å². The van der Waals surface area contributed by atoms with E-state index in [0.29, 0.717) is 0 Å². The zero-order chi connectivity index (χ0) is 10.2. The number of benzene rings is 1. The molecule has 1 aromatic rings. The topological polar surface area (TPSA) is 26.0 Å². The minimum absolute atomic E-state index is 0.792. The molecule has 0 heterocycles. The summed E-state index contributed by atoms with van der Waals surface area (Å²) in [7, 11) is 0. The molecule has 0 aliphatic carbocycles. The number of aryl methyl sites for hydroxylation is 1. The van der Waals surface area contributed by atoms with Crippen molar-refractivity contribution in [2.45, 2.75) is 11.8 Å². The Kier molecular flexibility index (Phi) is 6.15. The molecule has 1 rings (SSSR count). The second-order valence-corrected chi connectivity index (χ2v) is 5.46. The van der Waals surface area contributed by atoms with E-state index in [1.54, 1.807) is 0 Å². The molecule has 3 heteroatoms. The molecule has 0 atom stereocenters. The molecule has 0 aliphatic heterocycles. The highest BCUT2D eigenvalue weighted by molar-refractivity contribution is 8.02. The Bertz CT molecular complexity index is 246. The summed E-state index contributed by atoms with van der Waals surface area (Å²) in [5.41, 5.74) is 6.74. The highest BCUT2D eigenvalue weighted by Gasteiger charge is 1.93. The fourth-order valence-corrected chi connectivity index (χ4v) is 2.78. The van der Waals surface area contributed by atoms with Gasteiger partial charge in [0, 0.05) is 28.7 Å². The van der Waals surface area contributed by atoms with Gasteiger partial charge in [-0.2, -0.15) is 11.8 Å². The van der Waals surface area contributed by atoms with Gasteiger partial charge in [-0.25, -0.2) is 0 Å². The first-order chi connectivity index (χ1) is 6.83. The standard InChI is InChI=1S/C11H17NS2/c1-10-2-4-11(5-3-10)14-9-8-13-7-6-12/h2-5H,6-9,12H2,1H3. The highest BCUT2D eigenvalue weighted by atomic mass is 32.2. The first-order valence-corrected chi connectivity index (χ1v) is 6.94. The van der Waals surface area contributed by atoms with Crippen LogP contribution in [-0.2, 0) is 0 Å². The minimum Gasteiger partial charge on any atom is -0.330 e. The fraction of sp³-hybridized carbons (Fsp3) is 0.455. The van der Waals surface area contributed by atoms with Gasteiger partial charge in [0.1, 0.15) is 0 Å². The summed E-state index contributed by atoms with van der Waals surface area (Å²) in [6, 6.07) is 8.70. The summed E-state index contributed by atoms with van der Waals surface area (Å²) < 4.78 is 0. The Morgan fingerprint density at radius 2 is 1.79 bits per heavy atom. The van der Waals surface area contributed by atoms with Gasteiger partial charge in [0.05, 0.1) is 0 Å². The van der Waals surface area contributed by atoms with Gasteiger partial charge in [-0.3, -0.25) is 0 Å². The van der Waals surface area contributed by atoms with Crippen LogP contribution in [0, 0.1) is 6.92 Å². The molecular formula is C11H17NS2. The lowest BCUT2D eigenvalue weighted by atomic mass is 10.2. The number of hydrogen-bond acceptors (Lipinski definition) is 3. The van der Waals surface area contributed by atoms with E-state index in [1.807, 2.05) is 23.5 Å². The van der Waals surface area contributed by atoms with Crippen molar-refractivity contribution in [2.24, 2.45) is 5.73 Å². The Hall–Kier alpha value is -0.120. The van der Waals surface area contributed by atoms with E-state index >= 15 is 0 Å². The van der Waals surface area contributed by atoms with Crippen molar-refractivity contribution in [1.29, 1.82) is 0 Å². The van der Waals surface area contributed by atoms with Crippen molar-refractivity contribution in [2.75, 3.05) is 23.8 Å². The Labute approximate surface area is 94.8 Å². The smallest absolute Gasteiger partial charge is 0.00724 e. The van der Waals surface area contributed by atoms with Crippen molar-refractivity contribution in [3.8, 4) is 0 Å². The van der Waals surface area contributed by atoms with Crippen LogP contribution >= 0.6 is 23.5 Å². The molecule has 14 heavy (non-hydrogen) atoms. The molecule has 0 bridgehead atoms. The van der Waals surface area contributed by atoms with Gasteiger partial charge < -0.3 is 5.73 Å². The summed E-state index contributed by atoms with van der Waals surface area (Å²) in [4.78, 5) is 1.36. The average Bonchev–Trinajstić information content (AvgIpc) is 2.21. The maximum Gasteiger partial charge on any atom is 0.00724 e. The molecule has 0 spiro atoms. The summed E-state index contributed by atoms with van der Waals surface area (Å²) >= 11 is 3.85. The van der Waals surface area contributed by atoms with Crippen LogP contribution in [-0.4, -0.2) is 23.8 Å². The second kappa shape index (κ2) is 7.21. The van der Waals surface area contributed by atoms with Crippen LogP contribution in [0.4, 0.5) is 0 Å². The first-order valence-electron chi connectivity index (χ1n) is 4.80. The molecule has 0 unspecified atom stereocenters. The van der Waals surface area contributed by atoms with E-state index in [9.17, 15) is 0 Å². The molecule has 1 aromatic carbocycles. The molecule has 0 amide bonds. The van der Waals surface area contributed by atoms with E-state index in [0.717, 1.165) is 12.3 Å². The molecule has 1 nitrogen and oxygen atoms in total. The number of thioether (sulfide) groups is 2. The van der Waals surface area contributed by atoms with Crippen LogP contribution in [0.1, 0.15) is 5.56 Å². The predicted octanol–water partition coefficient (Wildman–Crippen LogP) is 2.78. The van der Waals surface area contributed by atoms with Gasteiger partial charge in [-0.1, -0.05) is 17.7 Å². The van der Waals surface area contributed by atoms with Crippen molar-refractivity contribution < 1.29 is 0 Å². The van der Waals surface area contributed by atoms with Crippen LogP contribution < -0.4 is 5.73 Å². The van der Waals surface area contributed by atoms with Crippen LogP contribution in [0.15, 0.2) is 29.2 Å². The molecular weight excluding hydrogens is 210 g/mol. The van der Waals surface area contributed by atoms with Crippen LogP contribution in [0.2, 0.25) is 0 Å². The molecule has 0 saturated heterocycles. The molecule has 0 saturated carbocycles. The zero-order valence-electron chi connectivity index (χ0n) is 8.53. The van der Waals surface area contributed by atoms with E-state index in [1.165, 1.54) is 22.0 Å². The lowest BCUT2D eigenvalue weighted by molar-refractivity contribution is 1.15. The normalized spacial score (nSPS) is 10.4. The summed E-state index contributed by atoms with van der Waals surface area (Å²) in [5.74, 6) is 3.44. The Morgan fingerprint density at radius 1 is 1.07 bits per heavy atom.